The van der Waals surface area contributed by atoms with E-state index in [-0.39, 0.29) is 0 Å². The summed E-state index contributed by atoms with van der Waals surface area (Å²) in [5, 5.41) is 0. The Bertz CT molecular complexity index is 510. The van der Waals surface area contributed by atoms with Gasteiger partial charge in [-0.1, -0.05) is 48.5 Å². The van der Waals surface area contributed by atoms with Crippen molar-refractivity contribution in [2.45, 2.75) is 33.0 Å². The predicted octanol–water partition coefficient (Wildman–Crippen LogP) is 4.08. The summed E-state index contributed by atoms with van der Waals surface area (Å²) in [4.78, 5) is 2.53. The Morgan fingerprint density at radius 3 is 1.67 bits per heavy atom. The first-order valence-electron chi connectivity index (χ1n) is 6.66. The molecule has 0 unspecified atom stereocenters. The van der Waals surface area contributed by atoms with E-state index in [9.17, 15) is 0 Å². The van der Waals surface area contributed by atoms with Crippen molar-refractivity contribution in [1.29, 1.82) is 0 Å². The van der Waals surface area contributed by atoms with Crippen molar-refractivity contribution in [2.75, 3.05) is 0 Å². The predicted molar refractivity (Wildman–Crippen MR) is 76.3 cm³/mol. The van der Waals surface area contributed by atoms with E-state index in [1.54, 1.807) is 0 Å². The molecule has 0 radical (unpaired) electrons. The van der Waals surface area contributed by atoms with Crippen molar-refractivity contribution in [1.82, 2.24) is 4.90 Å². The van der Waals surface area contributed by atoms with Crippen LogP contribution in [0.5, 0.6) is 0 Å². The van der Waals surface area contributed by atoms with E-state index in [4.69, 9.17) is 0 Å². The molecule has 92 valence electrons. The van der Waals surface area contributed by atoms with E-state index in [1.807, 2.05) is 0 Å². The summed E-state index contributed by atoms with van der Waals surface area (Å²) >= 11 is 0. The minimum absolute atomic E-state index is 0.573. The molecule has 1 nitrogen and oxygen atoms in total. The average molecular weight is 237 g/mol. The fourth-order valence-corrected chi connectivity index (χ4v) is 2.70. The summed E-state index contributed by atoms with van der Waals surface area (Å²) in [6, 6.07) is 18.2. The molecule has 1 aliphatic heterocycles. The van der Waals surface area contributed by atoms with Crippen LogP contribution in [0, 0.1) is 0 Å². The molecule has 0 bridgehead atoms. The van der Waals surface area contributed by atoms with Gasteiger partial charge in [0.25, 0.3) is 0 Å². The highest BCUT2D eigenvalue weighted by Crippen LogP contribution is 2.32. The lowest BCUT2D eigenvalue weighted by molar-refractivity contribution is 0.206. The average Bonchev–Trinajstić information content (AvgIpc) is 2.55. The van der Waals surface area contributed by atoms with Crippen LogP contribution < -0.4 is 0 Å². The van der Waals surface area contributed by atoms with Gasteiger partial charge in [-0.3, -0.25) is 4.90 Å². The van der Waals surface area contributed by atoms with E-state index in [0.29, 0.717) is 6.04 Å². The van der Waals surface area contributed by atoms with Crippen LogP contribution in [0.4, 0.5) is 0 Å². The van der Waals surface area contributed by atoms with E-state index in [2.05, 4.69) is 67.3 Å². The van der Waals surface area contributed by atoms with Crippen LogP contribution in [0.2, 0.25) is 0 Å². The number of fused-ring (bicyclic) bond motifs is 3. The van der Waals surface area contributed by atoms with Crippen molar-refractivity contribution in [3.8, 4) is 11.1 Å². The number of rotatable bonds is 1. The van der Waals surface area contributed by atoms with Crippen molar-refractivity contribution in [2.24, 2.45) is 0 Å². The Labute approximate surface area is 109 Å². The smallest absolute Gasteiger partial charge is 0.0246 e. The van der Waals surface area contributed by atoms with E-state index in [1.165, 1.54) is 22.3 Å². The molecule has 2 aromatic carbocycles. The maximum atomic E-state index is 2.53. The standard InChI is InChI=1S/C17H19N/c1-13(2)18-11-14-7-3-5-9-16(14)17-10-6-4-8-15(17)12-18/h3-10,13H,11-12H2,1-2H3. The van der Waals surface area contributed by atoms with E-state index < -0.39 is 0 Å². The van der Waals surface area contributed by atoms with Gasteiger partial charge < -0.3 is 0 Å². The molecule has 1 heteroatoms. The molecule has 1 aliphatic rings. The van der Waals surface area contributed by atoms with Gasteiger partial charge in [-0.05, 0) is 36.1 Å². The number of nitrogens with zero attached hydrogens (tertiary/aromatic N) is 1. The van der Waals surface area contributed by atoms with Gasteiger partial charge in [0.1, 0.15) is 0 Å². The van der Waals surface area contributed by atoms with Crippen LogP contribution in [0.25, 0.3) is 11.1 Å². The molecular formula is C17H19N. The minimum atomic E-state index is 0.573. The number of hydrogen-bond donors (Lipinski definition) is 0. The Morgan fingerprint density at radius 2 is 1.22 bits per heavy atom. The maximum absolute atomic E-state index is 2.53. The van der Waals surface area contributed by atoms with Crippen LogP contribution in [0.1, 0.15) is 25.0 Å². The highest BCUT2D eigenvalue weighted by Gasteiger charge is 2.19. The maximum Gasteiger partial charge on any atom is 0.0246 e. The molecule has 18 heavy (non-hydrogen) atoms. The lowest BCUT2D eigenvalue weighted by atomic mass is 9.97. The first-order chi connectivity index (χ1) is 8.75. The normalized spacial score (nSPS) is 15.1. The molecule has 1 heterocycles. The molecule has 0 saturated carbocycles. The summed E-state index contributed by atoms with van der Waals surface area (Å²) in [6.45, 7) is 6.64. The number of benzene rings is 2. The third-order valence-electron chi connectivity index (χ3n) is 3.80. The van der Waals surface area contributed by atoms with Crippen LogP contribution in [-0.4, -0.2) is 10.9 Å². The first-order valence-corrected chi connectivity index (χ1v) is 6.66. The van der Waals surface area contributed by atoms with Gasteiger partial charge in [0.2, 0.25) is 0 Å². The van der Waals surface area contributed by atoms with Gasteiger partial charge in [0.15, 0.2) is 0 Å². The van der Waals surface area contributed by atoms with Crippen molar-refractivity contribution >= 4 is 0 Å². The molecule has 0 atom stereocenters. The zero-order valence-corrected chi connectivity index (χ0v) is 11.1. The van der Waals surface area contributed by atoms with Gasteiger partial charge >= 0.3 is 0 Å². The zero-order chi connectivity index (χ0) is 12.5. The van der Waals surface area contributed by atoms with Crippen molar-refractivity contribution < 1.29 is 0 Å². The number of hydrogen-bond acceptors (Lipinski definition) is 1. The molecule has 0 aliphatic carbocycles. The molecule has 0 amide bonds. The van der Waals surface area contributed by atoms with Gasteiger partial charge in [-0.2, -0.15) is 0 Å². The second kappa shape index (κ2) is 4.58. The van der Waals surface area contributed by atoms with Crippen LogP contribution >= 0.6 is 0 Å². The molecule has 0 spiro atoms. The van der Waals surface area contributed by atoms with Gasteiger partial charge in [0, 0.05) is 19.1 Å². The Hall–Kier alpha value is -1.60. The summed E-state index contributed by atoms with van der Waals surface area (Å²) < 4.78 is 0. The largest absolute Gasteiger partial charge is 0.292 e. The summed E-state index contributed by atoms with van der Waals surface area (Å²) in [5.74, 6) is 0. The molecule has 0 saturated heterocycles. The van der Waals surface area contributed by atoms with Gasteiger partial charge in [-0.25, -0.2) is 0 Å². The highest BCUT2D eigenvalue weighted by molar-refractivity contribution is 5.71. The van der Waals surface area contributed by atoms with E-state index in [0.717, 1.165) is 13.1 Å². The SMILES string of the molecule is CC(C)N1Cc2ccccc2-c2ccccc2C1. The third-order valence-corrected chi connectivity index (χ3v) is 3.80. The minimum Gasteiger partial charge on any atom is -0.292 e. The van der Waals surface area contributed by atoms with Gasteiger partial charge in [0.05, 0.1) is 0 Å². The zero-order valence-electron chi connectivity index (χ0n) is 11.1. The lowest BCUT2D eigenvalue weighted by Crippen LogP contribution is -2.28. The van der Waals surface area contributed by atoms with Crippen LogP contribution in [0.15, 0.2) is 48.5 Å². The van der Waals surface area contributed by atoms with Crippen molar-refractivity contribution in [3.63, 3.8) is 0 Å². The first kappa shape index (κ1) is 11.5. The lowest BCUT2D eigenvalue weighted by Gasteiger charge is -2.25. The molecule has 0 N–H and O–H groups in total. The van der Waals surface area contributed by atoms with Crippen molar-refractivity contribution in [3.05, 3.63) is 59.7 Å². The van der Waals surface area contributed by atoms with Crippen LogP contribution in [-0.2, 0) is 13.1 Å². The second-order valence-corrected chi connectivity index (χ2v) is 5.31. The monoisotopic (exact) mass is 237 g/mol. The molecule has 0 aromatic heterocycles. The molecule has 3 rings (SSSR count). The Balaban J connectivity index is 2.18. The Morgan fingerprint density at radius 1 is 0.778 bits per heavy atom. The highest BCUT2D eigenvalue weighted by atomic mass is 15.1. The molecular weight excluding hydrogens is 218 g/mol. The summed E-state index contributed by atoms with van der Waals surface area (Å²) in [5.41, 5.74) is 5.68. The topological polar surface area (TPSA) is 3.24 Å². The summed E-state index contributed by atoms with van der Waals surface area (Å²) in [6.07, 6.45) is 0. The quantitative estimate of drug-likeness (QED) is 0.722. The van der Waals surface area contributed by atoms with Crippen LogP contribution in [0.3, 0.4) is 0 Å². The molecule has 2 aromatic rings. The summed E-state index contributed by atoms with van der Waals surface area (Å²) in [7, 11) is 0. The van der Waals surface area contributed by atoms with E-state index >= 15 is 0 Å². The fraction of sp³-hybridized carbons (Fsp3) is 0.294. The third kappa shape index (κ3) is 1.95. The molecule has 0 fully saturated rings. The van der Waals surface area contributed by atoms with Gasteiger partial charge in [-0.15, -0.1) is 0 Å². The second-order valence-electron chi connectivity index (χ2n) is 5.31. The Kier molecular flexibility index (Phi) is 2.92. The fourth-order valence-electron chi connectivity index (χ4n) is 2.70.